The number of hydrogen-bond donors (Lipinski definition) is 3. The smallest absolute Gasteiger partial charge is 0.116 e. The summed E-state index contributed by atoms with van der Waals surface area (Å²) in [5.74, 6) is 0. The molecule has 2 aromatic carbocycles. The van der Waals surface area contributed by atoms with Crippen LogP contribution < -0.4 is 5.32 Å². The zero-order valence-corrected chi connectivity index (χ0v) is 18.4. The molecule has 0 unspecified atom stereocenters. The van der Waals surface area contributed by atoms with Gasteiger partial charge in [0.2, 0.25) is 0 Å². The standard InChI is InChI=1S/C27H23N5O/c1-16(2)29-20-5-3-4-17(10-20)18-6-7-24-22(11-18)27(32-31-24)25-12-21-23(19-8-9-33-15-19)13-28-14-26(21)30-25/h3-16,29-30H,1-2H3,(H,31,32). The molecule has 3 N–H and O–H groups in total. The third-order valence-corrected chi connectivity index (χ3v) is 5.85. The Kier molecular flexibility index (Phi) is 4.50. The van der Waals surface area contributed by atoms with E-state index in [1.165, 1.54) is 0 Å². The van der Waals surface area contributed by atoms with Crippen LogP contribution in [-0.4, -0.2) is 26.2 Å². The Bertz CT molecular complexity index is 1570. The lowest BCUT2D eigenvalue weighted by molar-refractivity contribution is 0.568. The van der Waals surface area contributed by atoms with Crippen LogP contribution in [0.2, 0.25) is 0 Å². The molecule has 0 atom stereocenters. The number of fused-ring (bicyclic) bond motifs is 2. The van der Waals surface area contributed by atoms with Gasteiger partial charge in [0.05, 0.1) is 35.5 Å². The SMILES string of the molecule is CC(C)Nc1cccc(-c2ccc3[nH]nc(-c4cc5c(-c6ccoc6)cncc5[nH]4)c3c2)c1. The van der Waals surface area contributed by atoms with Gasteiger partial charge in [-0.1, -0.05) is 18.2 Å². The predicted octanol–water partition coefficient (Wildman–Crippen LogP) is 6.85. The maximum absolute atomic E-state index is 5.28. The fourth-order valence-electron chi connectivity index (χ4n) is 4.35. The van der Waals surface area contributed by atoms with E-state index in [2.05, 4.69) is 87.9 Å². The first-order valence-electron chi connectivity index (χ1n) is 11.0. The van der Waals surface area contributed by atoms with Gasteiger partial charge in [0.25, 0.3) is 0 Å². The predicted molar refractivity (Wildman–Crippen MR) is 133 cm³/mol. The Morgan fingerprint density at radius 3 is 2.64 bits per heavy atom. The first-order chi connectivity index (χ1) is 16.2. The van der Waals surface area contributed by atoms with Gasteiger partial charge >= 0.3 is 0 Å². The molecule has 0 bridgehead atoms. The summed E-state index contributed by atoms with van der Waals surface area (Å²) in [4.78, 5) is 7.90. The molecule has 33 heavy (non-hydrogen) atoms. The summed E-state index contributed by atoms with van der Waals surface area (Å²) in [6.07, 6.45) is 7.12. The van der Waals surface area contributed by atoms with Crippen molar-refractivity contribution in [2.45, 2.75) is 19.9 Å². The van der Waals surface area contributed by atoms with E-state index in [-0.39, 0.29) is 0 Å². The fraction of sp³-hybridized carbons (Fsp3) is 0.111. The number of aromatic amines is 2. The highest BCUT2D eigenvalue weighted by Gasteiger charge is 2.15. The highest BCUT2D eigenvalue weighted by Crippen LogP contribution is 2.35. The van der Waals surface area contributed by atoms with Crippen LogP contribution in [0.15, 0.2) is 83.9 Å². The lowest BCUT2D eigenvalue weighted by Gasteiger charge is -2.11. The Hall–Kier alpha value is -4.32. The van der Waals surface area contributed by atoms with Crippen molar-refractivity contribution in [2.75, 3.05) is 5.32 Å². The van der Waals surface area contributed by atoms with Crippen LogP contribution in [0.25, 0.3) is 55.4 Å². The van der Waals surface area contributed by atoms with Crippen molar-refractivity contribution >= 4 is 27.5 Å². The average Bonchev–Trinajstić information content (AvgIpc) is 3.57. The second-order valence-corrected chi connectivity index (χ2v) is 8.56. The number of H-pyrrole nitrogens is 2. The molecule has 0 spiro atoms. The number of pyridine rings is 1. The van der Waals surface area contributed by atoms with Crippen molar-refractivity contribution in [3.8, 4) is 33.6 Å². The summed E-state index contributed by atoms with van der Waals surface area (Å²) in [5.41, 5.74) is 9.25. The molecule has 0 saturated carbocycles. The Balaban J connectivity index is 1.45. The fourth-order valence-corrected chi connectivity index (χ4v) is 4.35. The minimum Gasteiger partial charge on any atom is -0.472 e. The molecule has 0 radical (unpaired) electrons. The van der Waals surface area contributed by atoms with Crippen molar-refractivity contribution in [2.24, 2.45) is 0 Å². The molecule has 6 aromatic rings. The molecule has 4 aromatic heterocycles. The van der Waals surface area contributed by atoms with Crippen molar-refractivity contribution in [1.82, 2.24) is 20.2 Å². The summed E-state index contributed by atoms with van der Waals surface area (Å²) in [5, 5.41) is 13.4. The van der Waals surface area contributed by atoms with Crippen LogP contribution in [-0.2, 0) is 0 Å². The summed E-state index contributed by atoms with van der Waals surface area (Å²) >= 11 is 0. The Morgan fingerprint density at radius 1 is 0.879 bits per heavy atom. The van der Waals surface area contributed by atoms with Crippen molar-refractivity contribution in [3.63, 3.8) is 0 Å². The number of nitrogens with zero attached hydrogens (tertiary/aromatic N) is 2. The Morgan fingerprint density at radius 2 is 1.79 bits per heavy atom. The number of furan rings is 1. The highest BCUT2D eigenvalue weighted by molar-refractivity contribution is 6.01. The van der Waals surface area contributed by atoms with Crippen molar-refractivity contribution in [3.05, 3.63) is 79.5 Å². The average molecular weight is 434 g/mol. The third kappa shape index (κ3) is 3.46. The van der Waals surface area contributed by atoms with E-state index in [1.54, 1.807) is 12.5 Å². The van der Waals surface area contributed by atoms with Gasteiger partial charge in [-0.15, -0.1) is 0 Å². The first kappa shape index (κ1) is 19.4. The maximum Gasteiger partial charge on any atom is 0.116 e. The van der Waals surface area contributed by atoms with Crippen LogP contribution in [0, 0.1) is 0 Å². The van der Waals surface area contributed by atoms with E-state index in [1.807, 2.05) is 18.5 Å². The van der Waals surface area contributed by atoms with Crippen molar-refractivity contribution < 1.29 is 4.42 Å². The Labute approximate surface area is 190 Å². The molecule has 0 fully saturated rings. The molecule has 4 heterocycles. The second kappa shape index (κ2) is 7.67. The molecule has 0 saturated heterocycles. The number of rotatable bonds is 5. The zero-order valence-electron chi connectivity index (χ0n) is 18.4. The molecule has 6 rings (SSSR count). The third-order valence-electron chi connectivity index (χ3n) is 5.85. The molecule has 6 nitrogen and oxygen atoms in total. The van der Waals surface area contributed by atoms with Crippen LogP contribution in [0.3, 0.4) is 0 Å². The summed E-state index contributed by atoms with van der Waals surface area (Å²) in [6, 6.07) is 19.4. The molecule has 0 amide bonds. The van der Waals surface area contributed by atoms with Gasteiger partial charge in [-0.25, -0.2) is 0 Å². The van der Waals surface area contributed by atoms with Gasteiger partial charge < -0.3 is 14.7 Å². The lowest BCUT2D eigenvalue weighted by atomic mass is 10.0. The lowest BCUT2D eigenvalue weighted by Crippen LogP contribution is -2.09. The molecule has 0 aliphatic heterocycles. The quantitative estimate of drug-likeness (QED) is 0.277. The second-order valence-electron chi connectivity index (χ2n) is 8.56. The van der Waals surface area contributed by atoms with E-state index in [9.17, 15) is 0 Å². The monoisotopic (exact) mass is 433 g/mol. The van der Waals surface area contributed by atoms with Gasteiger partial charge in [-0.2, -0.15) is 5.10 Å². The number of aromatic nitrogens is 4. The first-order valence-corrected chi connectivity index (χ1v) is 11.0. The molecule has 162 valence electrons. The van der Waals surface area contributed by atoms with Gasteiger partial charge in [0.15, 0.2) is 0 Å². The van der Waals surface area contributed by atoms with Gasteiger partial charge in [-0.3, -0.25) is 10.1 Å². The van der Waals surface area contributed by atoms with Gasteiger partial charge in [0, 0.05) is 39.8 Å². The van der Waals surface area contributed by atoms with Crippen LogP contribution in [0.1, 0.15) is 13.8 Å². The minimum atomic E-state index is 0.381. The molecular weight excluding hydrogens is 410 g/mol. The van der Waals surface area contributed by atoms with E-state index in [4.69, 9.17) is 4.42 Å². The van der Waals surface area contributed by atoms with E-state index < -0.39 is 0 Å². The molecule has 0 aliphatic carbocycles. The van der Waals surface area contributed by atoms with Gasteiger partial charge in [0.1, 0.15) is 5.69 Å². The van der Waals surface area contributed by atoms with Crippen LogP contribution >= 0.6 is 0 Å². The number of anilines is 1. The molecule has 0 aliphatic rings. The van der Waals surface area contributed by atoms with E-state index >= 15 is 0 Å². The highest BCUT2D eigenvalue weighted by atomic mass is 16.3. The largest absolute Gasteiger partial charge is 0.472 e. The van der Waals surface area contributed by atoms with Gasteiger partial charge in [-0.05, 0) is 61.4 Å². The van der Waals surface area contributed by atoms with Crippen LogP contribution in [0.4, 0.5) is 5.69 Å². The molecule has 6 heteroatoms. The minimum absolute atomic E-state index is 0.381. The molecular formula is C27H23N5O. The summed E-state index contributed by atoms with van der Waals surface area (Å²) in [6.45, 7) is 4.29. The summed E-state index contributed by atoms with van der Waals surface area (Å²) < 4.78 is 5.28. The van der Waals surface area contributed by atoms with E-state index in [0.717, 1.165) is 61.1 Å². The number of nitrogens with one attached hydrogen (secondary N) is 3. The maximum atomic E-state index is 5.28. The van der Waals surface area contributed by atoms with Crippen LogP contribution in [0.5, 0.6) is 0 Å². The number of benzene rings is 2. The van der Waals surface area contributed by atoms with E-state index in [0.29, 0.717) is 6.04 Å². The number of hydrogen-bond acceptors (Lipinski definition) is 4. The zero-order chi connectivity index (χ0) is 22.4. The topological polar surface area (TPSA) is 82.5 Å². The summed E-state index contributed by atoms with van der Waals surface area (Å²) in [7, 11) is 0. The normalized spacial score (nSPS) is 11.6. The van der Waals surface area contributed by atoms with Crippen molar-refractivity contribution in [1.29, 1.82) is 0 Å².